The lowest BCUT2D eigenvalue weighted by atomic mass is 9.90. The molecule has 1 aliphatic rings. The van der Waals surface area contributed by atoms with Gasteiger partial charge in [-0.2, -0.15) is 0 Å². The van der Waals surface area contributed by atoms with Crippen molar-refractivity contribution in [1.82, 2.24) is 0 Å². The van der Waals surface area contributed by atoms with Gasteiger partial charge in [0.05, 0.1) is 23.7 Å². The fraction of sp³-hybridized carbons (Fsp3) is 0.538. The van der Waals surface area contributed by atoms with Crippen LogP contribution in [0, 0.1) is 10.1 Å². The summed E-state index contributed by atoms with van der Waals surface area (Å²) in [6.07, 6.45) is 2.47. The number of ether oxygens (including phenoxy) is 2. The molecule has 0 amide bonds. The Morgan fingerprint density at radius 2 is 2.05 bits per heavy atom. The van der Waals surface area contributed by atoms with Gasteiger partial charge in [-0.25, -0.2) is 0 Å². The van der Waals surface area contributed by atoms with Crippen LogP contribution >= 0.6 is 0 Å². The van der Waals surface area contributed by atoms with Gasteiger partial charge >= 0.3 is 0 Å². The molecule has 1 aromatic carbocycles. The van der Waals surface area contributed by atoms with Crippen LogP contribution in [0.5, 0.6) is 11.5 Å². The van der Waals surface area contributed by atoms with Crippen LogP contribution in [0.3, 0.4) is 0 Å². The van der Waals surface area contributed by atoms with Crippen LogP contribution in [-0.4, -0.2) is 23.7 Å². The summed E-state index contributed by atoms with van der Waals surface area (Å²) in [5.41, 5.74) is 5.66. The molecule has 0 aromatic heterocycles. The second-order valence-electron chi connectivity index (χ2n) is 4.74. The van der Waals surface area contributed by atoms with Crippen molar-refractivity contribution in [3.05, 3.63) is 28.3 Å². The van der Waals surface area contributed by atoms with Crippen molar-refractivity contribution in [2.75, 3.05) is 6.61 Å². The summed E-state index contributed by atoms with van der Waals surface area (Å²) in [6, 6.07) is 4.70. The van der Waals surface area contributed by atoms with Gasteiger partial charge in [0.1, 0.15) is 17.6 Å². The summed E-state index contributed by atoms with van der Waals surface area (Å²) >= 11 is 0. The molecular formula is C13H18N2O4. The van der Waals surface area contributed by atoms with Gasteiger partial charge in [-0.1, -0.05) is 6.92 Å². The van der Waals surface area contributed by atoms with E-state index in [9.17, 15) is 10.1 Å². The zero-order valence-corrected chi connectivity index (χ0v) is 10.9. The highest BCUT2D eigenvalue weighted by molar-refractivity contribution is 5.46. The molecule has 0 aliphatic heterocycles. The van der Waals surface area contributed by atoms with Crippen LogP contribution in [0.2, 0.25) is 0 Å². The predicted molar refractivity (Wildman–Crippen MR) is 70.5 cm³/mol. The minimum Gasteiger partial charge on any atom is -0.493 e. The minimum absolute atomic E-state index is 0.0211. The number of nitro benzene ring substituents is 1. The van der Waals surface area contributed by atoms with E-state index in [2.05, 4.69) is 0 Å². The van der Waals surface area contributed by atoms with E-state index in [1.807, 2.05) is 6.92 Å². The van der Waals surface area contributed by atoms with Gasteiger partial charge in [0, 0.05) is 12.1 Å². The van der Waals surface area contributed by atoms with Gasteiger partial charge in [-0.05, 0) is 19.3 Å². The Hall–Kier alpha value is -1.82. The van der Waals surface area contributed by atoms with E-state index in [4.69, 9.17) is 15.2 Å². The van der Waals surface area contributed by atoms with Gasteiger partial charge in [0.25, 0.3) is 5.69 Å². The van der Waals surface area contributed by atoms with E-state index in [1.54, 1.807) is 6.07 Å². The molecule has 0 spiro atoms. The highest BCUT2D eigenvalue weighted by Gasteiger charge is 2.28. The second kappa shape index (κ2) is 5.88. The molecule has 104 valence electrons. The second-order valence-corrected chi connectivity index (χ2v) is 4.74. The van der Waals surface area contributed by atoms with E-state index in [1.165, 1.54) is 12.1 Å². The summed E-state index contributed by atoms with van der Waals surface area (Å²) in [7, 11) is 0. The van der Waals surface area contributed by atoms with Gasteiger partial charge in [-0.15, -0.1) is 0 Å². The number of non-ortho nitro benzene ring substituents is 1. The molecule has 1 saturated carbocycles. The molecule has 19 heavy (non-hydrogen) atoms. The Morgan fingerprint density at radius 1 is 1.37 bits per heavy atom. The maximum absolute atomic E-state index is 10.9. The molecule has 0 atom stereocenters. The highest BCUT2D eigenvalue weighted by Crippen LogP contribution is 2.31. The summed E-state index contributed by atoms with van der Waals surface area (Å²) in [5, 5.41) is 10.9. The quantitative estimate of drug-likeness (QED) is 0.630. The van der Waals surface area contributed by atoms with Crippen molar-refractivity contribution in [2.24, 2.45) is 5.73 Å². The number of hydrogen-bond donors (Lipinski definition) is 1. The lowest BCUT2D eigenvalue weighted by Crippen LogP contribution is -2.43. The van der Waals surface area contributed by atoms with E-state index < -0.39 is 4.92 Å². The number of rotatable bonds is 6. The predicted octanol–water partition coefficient (Wildman–Crippen LogP) is 2.25. The molecule has 0 bridgehead atoms. The lowest BCUT2D eigenvalue weighted by molar-refractivity contribution is -0.385. The molecule has 0 radical (unpaired) electrons. The molecule has 6 heteroatoms. The van der Waals surface area contributed by atoms with Gasteiger partial charge in [-0.3, -0.25) is 10.1 Å². The van der Waals surface area contributed by atoms with Crippen molar-refractivity contribution >= 4 is 5.69 Å². The lowest BCUT2D eigenvalue weighted by Gasteiger charge is -2.32. The standard InChI is InChI=1S/C13H18N2O4/c1-2-3-18-11-6-10(15(16)17)7-13(8-11)19-12-4-9(14)5-12/h6-9,12H,2-5,14H2,1H3. The van der Waals surface area contributed by atoms with Crippen molar-refractivity contribution in [1.29, 1.82) is 0 Å². The molecular weight excluding hydrogens is 248 g/mol. The van der Waals surface area contributed by atoms with Gasteiger partial charge < -0.3 is 15.2 Å². The van der Waals surface area contributed by atoms with Crippen LogP contribution in [0.15, 0.2) is 18.2 Å². The summed E-state index contributed by atoms with van der Waals surface area (Å²) in [6.45, 7) is 2.50. The first-order valence-electron chi connectivity index (χ1n) is 6.43. The molecule has 0 heterocycles. The average Bonchev–Trinajstić information content (AvgIpc) is 2.34. The smallest absolute Gasteiger partial charge is 0.276 e. The topological polar surface area (TPSA) is 87.6 Å². The van der Waals surface area contributed by atoms with Crippen LogP contribution in [0.1, 0.15) is 26.2 Å². The summed E-state index contributed by atoms with van der Waals surface area (Å²) in [4.78, 5) is 10.4. The maximum Gasteiger partial charge on any atom is 0.276 e. The Bertz CT molecular complexity index is 458. The van der Waals surface area contributed by atoms with Crippen LogP contribution in [0.25, 0.3) is 0 Å². The minimum atomic E-state index is -0.446. The van der Waals surface area contributed by atoms with Crippen molar-refractivity contribution in [3.8, 4) is 11.5 Å². The summed E-state index contributed by atoms with van der Waals surface area (Å²) < 4.78 is 11.1. The first kappa shape index (κ1) is 13.6. The third-order valence-electron chi connectivity index (χ3n) is 2.98. The molecule has 2 rings (SSSR count). The first-order chi connectivity index (χ1) is 9.08. The third-order valence-corrected chi connectivity index (χ3v) is 2.98. The van der Waals surface area contributed by atoms with Crippen LogP contribution in [0.4, 0.5) is 5.69 Å². The van der Waals surface area contributed by atoms with E-state index in [0.717, 1.165) is 19.3 Å². The Morgan fingerprint density at radius 3 is 2.63 bits per heavy atom. The molecule has 1 fully saturated rings. The molecule has 0 unspecified atom stereocenters. The van der Waals surface area contributed by atoms with Gasteiger partial charge in [0.2, 0.25) is 0 Å². The Labute approximate surface area is 111 Å². The SMILES string of the molecule is CCCOc1cc(OC2CC(N)C2)cc([N+](=O)[O-])c1. The fourth-order valence-electron chi connectivity index (χ4n) is 1.93. The average molecular weight is 266 g/mol. The summed E-state index contributed by atoms with van der Waals surface area (Å²) in [5.74, 6) is 0.937. The maximum atomic E-state index is 10.9. The largest absolute Gasteiger partial charge is 0.493 e. The van der Waals surface area contributed by atoms with Crippen molar-refractivity contribution in [2.45, 2.75) is 38.3 Å². The number of nitrogens with two attached hydrogens (primary N) is 1. The number of nitro groups is 1. The molecule has 1 aliphatic carbocycles. The van der Waals surface area contributed by atoms with Crippen molar-refractivity contribution < 1.29 is 14.4 Å². The normalized spacial score (nSPS) is 21.6. The molecule has 6 nitrogen and oxygen atoms in total. The zero-order valence-electron chi connectivity index (χ0n) is 10.9. The van der Waals surface area contributed by atoms with Gasteiger partial charge in [0.15, 0.2) is 0 Å². The number of hydrogen-bond acceptors (Lipinski definition) is 5. The van der Waals surface area contributed by atoms with Crippen LogP contribution in [-0.2, 0) is 0 Å². The highest BCUT2D eigenvalue weighted by atomic mass is 16.6. The molecule has 1 aromatic rings. The van der Waals surface area contributed by atoms with Crippen molar-refractivity contribution in [3.63, 3.8) is 0 Å². The molecule has 0 saturated heterocycles. The monoisotopic (exact) mass is 266 g/mol. The van der Waals surface area contributed by atoms with E-state index >= 15 is 0 Å². The third kappa shape index (κ3) is 3.57. The Kier molecular flexibility index (Phi) is 4.21. The zero-order chi connectivity index (χ0) is 13.8. The fourth-order valence-corrected chi connectivity index (χ4v) is 1.93. The van der Waals surface area contributed by atoms with E-state index in [-0.39, 0.29) is 17.8 Å². The molecule has 2 N–H and O–H groups in total. The Balaban J connectivity index is 2.11. The van der Waals surface area contributed by atoms with E-state index in [0.29, 0.717) is 18.1 Å². The van der Waals surface area contributed by atoms with Crippen LogP contribution < -0.4 is 15.2 Å². The number of nitrogens with zero attached hydrogens (tertiary/aromatic N) is 1. The first-order valence-corrected chi connectivity index (χ1v) is 6.43. The number of benzene rings is 1.